The molecule has 0 spiro atoms. The van der Waals surface area contributed by atoms with Gasteiger partial charge in [0.25, 0.3) is 0 Å². The van der Waals surface area contributed by atoms with Crippen LogP contribution in [-0.2, 0) is 11.2 Å². The van der Waals surface area contributed by atoms with E-state index in [9.17, 15) is 9.18 Å². The fourth-order valence-corrected chi connectivity index (χ4v) is 2.74. The molecule has 0 aliphatic carbocycles. The zero-order chi connectivity index (χ0) is 14.2. The summed E-state index contributed by atoms with van der Waals surface area (Å²) in [7, 11) is 1.68. The molecule has 2 heterocycles. The summed E-state index contributed by atoms with van der Waals surface area (Å²) < 4.78 is 24.0. The fourth-order valence-electron chi connectivity index (χ4n) is 1.84. The smallest absolute Gasteiger partial charge is 0.410 e. The van der Waals surface area contributed by atoms with Gasteiger partial charge in [-0.15, -0.1) is 11.3 Å². The Balaban J connectivity index is 2.02. The van der Waals surface area contributed by atoms with Crippen LogP contribution in [0.15, 0.2) is 5.38 Å². The van der Waals surface area contributed by atoms with Crippen LogP contribution in [0.4, 0.5) is 9.18 Å². The first-order chi connectivity index (χ1) is 8.78. The average molecular weight is 287 g/mol. The van der Waals surface area contributed by atoms with Crippen molar-refractivity contribution in [3.63, 3.8) is 0 Å². The lowest BCUT2D eigenvalue weighted by Crippen LogP contribution is -2.46. The molecule has 1 atom stereocenters. The monoisotopic (exact) mass is 287 g/mol. The molecule has 1 unspecified atom stereocenters. The van der Waals surface area contributed by atoms with E-state index in [0.717, 1.165) is 4.88 Å². The molecule has 19 heavy (non-hydrogen) atoms. The Morgan fingerprint density at radius 3 is 2.89 bits per heavy atom. The maximum Gasteiger partial charge on any atom is 0.410 e. The highest BCUT2D eigenvalue weighted by molar-refractivity contribution is 7.10. The Morgan fingerprint density at radius 2 is 2.26 bits per heavy atom. The third-order valence-corrected chi connectivity index (χ3v) is 3.81. The first-order valence-corrected chi connectivity index (χ1v) is 7.00. The Kier molecular flexibility index (Phi) is 3.71. The third-order valence-electron chi connectivity index (χ3n) is 2.85. The Morgan fingerprint density at radius 1 is 1.58 bits per heavy atom. The van der Waals surface area contributed by atoms with Crippen molar-refractivity contribution in [2.24, 2.45) is 0 Å². The molecule has 0 fully saturated rings. The minimum Gasteiger partial charge on any atom is -0.487 e. The lowest BCUT2D eigenvalue weighted by Gasteiger charge is -2.32. The number of rotatable bonds is 1. The molecule has 0 aromatic carbocycles. The zero-order valence-electron chi connectivity index (χ0n) is 11.5. The van der Waals surface area contributed by atoms with Crippen LogP contribution in [0, 0.1) is 5.82 Å². The van der Waals surface area contributed by atoms with Gasteiger partial charge in [0.1, 0.15) is 12.2 Å². The van der Waals surface area contributed by atoms with Gasteiger partial charge in [-0.25, -0.2) is 9.18 Å². The van der Waals surface area contributed by atoms with Gasteiger partial charge in [0, 0.05) is 18.8 Å². The number of likely N-dealkylation sites (N-methyl/N-ethyl adjacent to an activating group) is 1. The molecule has 0 saturated carbocycles. The van der Waals surface area contributed by atoms with E-state index in [1.807, 2.05) is 20.8 Å². The van der Waals surface area contributed by atoms with Gasteiger partial charge in [-0.1, -0.05) is 0 Å². The number of hydrogen-bond acceptors (Lipinski definition) is 4. The average Bonchev–Trinajstić information content (AvgIpc) is 2.67. The highest BCUT2D eigenvalue weighted by atomic mass is 32.1. The number of thiophene rings is 1. The number of ether oxygens (including phenoxy) is 2. The van der Waals surface area contributed by atoms with Crippen LogP contribution < -0.4 is 4.74 Å². The molecule has 2 rings (SSSR count). The largest absolute Gasteiger partial charge is 0.487 e. The van der Waals surface area contributed by atoms with E-state index in [4.69, 9.17) is 9.47 Å². The molecule has 106 valence electrons. The normalized spacial score (nSPS) is 18.5. The number of nitrogens with zero attached hydrogens (tertiary/aromatic N) is 1. The van der Waals surface area contributed by atoms with Gasteiger partial charge in [0.05, 0.1) is 10.9 Å². The van der Waals surface area contributed by atoms with Crippen molar-refractivity contribution in [1.29, 1.82) is 0 Å². The van der Waals surface area contributed by atoms with Crippen LogP contribution in [0.2, 0.25) is 0 Å². The van der Waals surface area contributed by atoms with Crippen molar-refractivity contribution in [3.05, 3.63) is 16.1 Å². The summed E-state index contributed by atoms with van der Waals surface area (Å²) in [6, 6.07) is -0.125. The van der Waals surface area contributed by atoms with Gasteiger partial charge in [-0.3, -0.25) is 0 Å². The van der Waals surface area contributed by atoms with Gasteiger partial charge in [0.2, 0.25) is 0 Å². The summed E-state index contributed by atoms with van der Waals surface area (Å²) >= 11 is 1.32. The second-order valence-electron chi connectivity index (χ2n) is 5.60. The maximum absolute atomic E-state index is 13.3. The van der Waals surface area contributed by atoms with E-state index in [-0.39, 0.29) is 24.6 Å². The highest BCUT2D eigenvalue weighted by Crippen LogP contribution is 2.34. The fraction of sp³-hybridized carbons (Fsp3) is 0.615. The van der Waals surface area contributed by atoms with Crippen molar-refractivity contribution in [2.45, 2.75) is 38.8 Å². The molecule has 1 aromatic heterocycles. The molecule has 1 amide bonds. The lowest BCUT2D eigenvalue weighted by molar-refractivity contribution is 0.0159. The minimum absolute atomic E-state index is 0.125. The molecule has 1 aliphatic rings. The van der Waals surface area contributed by atoms with Crippen molar-refractivity contribution in [2.75, 3.05) is 13.7 Å². The number of fused-ring (bicyclic) bond motifs is 1. The number of halogens is 1. The van der Waals surface area contributed by atoms with Gasteiger partial charge in [0.15, 0.2) is 11.6 Å². The maximum atomic E-state index is 13.3. The summed E-state index contributed by atoms with van der Waals surface area (Å²) in [5.74, 6) is 0.0113. The first-order valence-electron chi connectivity index (χ1n) is 6.12. The van der Waals surface area contributed by atoms with Crippen LogP contribution in [0.1, 0.15) is 25.6 Å². The first kappa shape index (κ1) is 14.1. The third kappa shape index (κ3) is 3.18. The predicted octanol–water partition coefficient (Wildman–Crippen LogP) is 3.06. The summed E-state index contributed by atoms with van der Waals surface area (Å²) in [5.41, 5.74) is -0.527. The van der Waals surface area contributed by atoms with Crippen LogP contribution in [0.5, 0.6) is 5.75 Å². The summed E-state index contributed by atoms with van der Waals surface area (Å²) in [4.78, 5) is 14.3. The van der Waals surface area contributed by atoms with E-state index >= 15 is 0 Å². The molecule has 4 nitrogen and oxygen atoms in total. The van der Waals surface area contributed by atoms with Crippen LogP contribution in [-0.4, -0.2) is 36.3 Å². The van der Waals surface area contributed by atoms with Crippen molar-refractivity contribution in [3.8, 4) is 5.75 Å². The predicted molar refractivity (Wildman–Crippen MR) is 71.3 cm³/mol. The molecule has 0 radical (unpaired) electrons. The van der Waals surface area contributed by atoms with E-state index in [1.54, 1.807) is 7.05 Å². The van der Waals surface area contributed by atoms with Gasteiger partial charge < -0.3 is 14.4 Å². The second kappa shape index (κ2) is 5.00. The summed E-state index contributed by atoms with van der Waals surface area (Å²) in [6.45, 7) is 5.75. The van der Waals surface area contributed by atoms with Crippen molar-refractivity contribution >= 4 is 17.4 Å². The van der Waals surface area contributed by atoms with Crippen molar-refractivity contribution < 1.29 is 18.7 Å². The number of amides is 1. The van der Waals surface area contributed by atoms with E-state index in [2.05, 4.69) is 0 Å². The van der Waals surface area contributed by atoms with E-state index in [1.165, 1.54) is 21.6 Å². The Labute approximate surface area is 116 Å². The number of carbonyl (C=O) groups is 1. The van der Waals surface area contributed by atoms with Crippen molar-refractivity contribution in [1.82, 2.24) is 4.90 Å². The molecule has 0 bridgehead atoms. The lowest BCUT2D eigenvalue weighted by atomic mass is 10.1. The summed E-state index contributed by atoms with van der Waals surface area (Å²) in [5, 5.41) is 1.43. The number of carbonyl (C=O) groups excluding carboxylic acids is 1. The molecule has 0 saturated heterocycles. The molecule has 1 aliphatic heterocycles. The molecular weight excluding hydrogens is 269 g/mol. The number of hydrogen-bond donors (Lipinski definition) is 0. The van der Waals surface area contributed by atoms with Crippen LogP contribution >= 0.6 is 11.3 Å². The van der Waals surface area contributed by atoms with Crippen LogP contribution in [0.25, 0.3) is 0 Å². The topological polar surface area (TPSA) is 38.8 Å². The Hall–Kier alpha value is -1.30. The van der Waals surface area contributed by atoms with Gasteiger partial charge >= 0.3 is 6.09 Å². The summed E-state index contributed by atoms with van der Waals surface area (Å²) in [6.07, 6.45) is 0.209. The second-order valence-corrected chi connectivity index (χ2v) is 6.56. The van der Waals surface area contributed by atoms with E-state index in [0.29, 0.717) is 12.2 Å². The van der Waals surface area contributed by atoms with Crippen LogP contribution in [0.3, 0.4) is 0 Å². The minimum atomic E-state index is -0.527. The highest BCUT2D eigenvalue weighted by Gasteiger charge is 2.31. The molecule has 1 aromatic rings. The van der Waals surface area contributed by atoms with Gasteiger partial charge in [-0.2, -0.15) is 0 Å². The van der Waals surface area contributed by atoms with E-state index < -0.39 is 5.60 Å². The zero-order valence-corrected chi connectivity index (χ0v) is 12.3. The molecular formula is C13H18FNO3S. The van der Waals surface area contributed by atoms with Gasteiger partial charge in [-0.05, 0) is 20.8 Å². The molecule has 0 N–H and O–H groups in total. The SMILES string of the molecule is CN(C(=O)OC(C)(C)C)C1COc2c(F)csc2C1. The Bertz CT molecular complexity index is 481. The standard InChI is InChI=1S/C13H18FNO3S/c1-13(2,3)18-12(16)15(4)8-5-10-11(17-6-8)9(14)7-19-10/h7-8H,5-6H2,1-4H3. The quantitative estimate of drug-likeness (QED) is 0.797. The molecule has 6 heteroatoms.